The summed E-state index contributed by atoms with van der Waals surface area (Å²) in [6, 6.07) is 0. The van der Waals surface area contributed by atoms with E-state index in [-0.39, 0.29) is 15.8 Å². The van der Waals surface area contributed by atoms with Gasteiger partial charge in [-0.25, -0.2) is 0 Å². The Morgan fingerprint density at radius 1 is 1.31 bits per heavy atom. The Morgan fingerprint density at radius 3 is 2.31 bits per heavy atom. The predicted molar refractivity (Wildman–Crippen MR) is 49.6 cm³/mol. The fraction of sp³-hybridized carbons (Fsp3) is 0.375. The van der Waals surface area contributed by atoms with Gasteiger partial charge in [-0.15, -0.1) is 0 Å². The van der Waals surface area contributed by atoms with Gasteiger partial charge >= 0.3 is 0 Å². The zero-order valence-corrected chi connectivity index (χ0v) is 8.65. The molecule has 0 spiro atoms. The first kappa shape index (κ1) is 10.7. The van der Waals surface area contributed by atoms with Crippen LogP contribution in [0.4, 0.5) is 0 Å². The number of halogens is 2. The highest BCUT2D eigenvalue weighted by atomic mass is 35.5. The topological polar surface area (TPSA) is 35.5 Å². The summed E-state index contributed by atoms with van der Waals surface area (Å²) in [5, 5.41) is -0.0282. The van der Waals surface area contributed by atoms with Crippen LogP contribution in [-0.4, -0.2) is 25.8 Å². The third-order valence-electron chi connectivity index (χ3n) is 1.78. The van der Waals surface area contributed by atoms with Crippen molar-refractivity contribution in [2.45, 2.75) is 5.79 Å². The predicted octanol–water partition coefficient (Wildman–Crippen LogP) is 1.80. The van der Waals surface area contributed by atoms with Gasteiger partial charge in [0, 0.05) is 14.2 Å². The molecule has 0 saturated heterocycles. The molecule has 5 heteroatoms. The van der Waals surface area contributed by atoms with Gasteiger partial charge in [-0.05, 0) is 12.2 Å². The van der Waals surface area contributed by atoms with Crippen LogP contribution in [-0.2, 0) is 14.3 Å². The summed E-state index contributed by atoms with van der Waals surface area (Å²) < 4.78 is 10.0. The average molecular weight is 223 g/mol. The molecule has 0 unspecified atom stereocenters. The SMILES string of the molecule is COC1(OC)C=CC(=O)C(Cl)=C1Cl. The molecule has 72 valence electrons. The van der Waals surface area contributed by atoms with Gasteiger partial charge in [-0.2, -0.15) is 0 Å². The Kier molecular flexibility index (Phi) is 3.14. The van der Waals surface area contributed by atoms with Crippen LogP contribution in [0, 0.1) is 0 Å². The molecular weight excluding hydrogens is 215 g/mol. The molecule has 0 aromatic heterocycles. The molecule has 0 N–H and O–H groups in total. The molecule has 0 fully saturated rings. The average Bonchev–Trinajstić information content (AvgIpc) is 2.16. The van der Waals surface area contributed by atoms with Gasteiger partial charge in [0.05, 0.1) is 0 Å². The van der Waals surface area contributed by atoms with Crippen LogP contribution >= 0.6 is 23.2 Å². The first-order valence-electron chi connectivity index (χ1n) is 3.47. The van der Waals surface area contributed by atoms with E-state index in [1.165, 1.54) is 26.4 Å². The zero-order chi connectivity index (χ0) is 10.1. The van der Waals surface area contributed by atoms with E-state index in [1.54, 1.807) is 0 Å². The third kappa shape index (κ3) is 1.65. The van der Waals surface area contributed by atoms with Crippen molar-refractivity contribution in [3.63, 3.8) is 0 Å². The number of carbonyl (C=O) groups is 1. The van der Waals surface area contributed by atoms with Crippen molar-refractivity contribution in [2.75, 3.05) is 14.2 Å². The summed E-state index contributed by atoms with van der Waals surface area (Å²) in [6.07, 6.45) is 2.69. The number of methoxy groups -OCH3 is 2. The quantitative estimate of drug-likeness (QED) is 0.669. The number of ketones is 1. The van der Waals surface area contributed by atoms with Gasteiger partial charge in [0.25, 0.3) is 0 Å². The lowest BCUT2D eigenvalue weighted by molar-refractivity contribution is -0.139. The molecule has 0 aliphatic heterocycles. The Bertz CT molecular complexity index is 290. The van der Waals surface area contributed by atoms with Crippen molar-refractivity contribution in [3.05, 3.63) is 22.2 Å². The highest BCUT2D eigenvalue weighted by Gasteiger charge is 2.37. The maximum atomic E-state index is 11.1. The van der Waals surface area contributed by atoms with Crippen LogP contribution < -0.4 is 0 Å². The van der Waals surface area contributed by atoms with Crippen LogP contribution in [0.15, 0.2) is 22.2 Å². The van der Waals surface area contributed by atoms with Gasteiger partial charge in [-0.1, -0.05) is 23.2 Å². The zero-order valence-electron chi connectivity index (χ0n) is 7.14. The van der Waals surface area contributed by atoms with Crippen molar-refractivity contribution in [3.8, 4) is 0 Å². The van der Waals surface area contributed by atoms with Gasteiger partial charge in [0.15, 0.2) is 5.78 Å². The van der Waals surface area contributed by atoms with E-state index in [0.29, 0.717) is 0 Å². The minimum Gasteiger partial charge on any atom is -0.345 e. The third-order valence-corrected chi connectivity index (χ3v) is 2.70. The Balaban J connectivity index is 3.16. The Labute approximate surface area is 85.9 Å². The summed E-state index contributed by atoms with van der Waals surface area (Å²) in [6.45, 7) is 0. The summed E-state index contributed by atoms with van der Waals surface area (Å²) in [4.78, 5) is 11.1. The molecule has 0 amide bonds. The van der Waals surface area contributed by atoms with E-state index in [2.05, 4.69) is 0 Å². The first-order chi connectivity index (χ1) is 6.07. The second-order valence-electron chi connectivity index (χ2n) is 2.40. The Hall–Kier alpha value is -0.350. The molecule has 0 heterocycles. The van der Waals surface area contributed by atoms with E-state index in [0.717, 1.165) is 0 Å². The molecule has 3 nitrogen and oxygen atoms in total. The van der Waals surface area contributed by atoms with Gasteiger partial charge in [-0.3, -0.25) is 4.79 Å². The summed E-state index contributed by atoms with van der Waals surface area (Å²) in [5.74, 6) is -1.57. The van der Waals surface area contributed by atoms with Crippen molar-refractivity contribution >= 4 is 29.0 Å². The molecule has 1 aliphatic rings. The Morgan fingerprint density at radius 2 is 1.85 bits per heavy atom. The fourth-order valence-electron chi connectivity index (χ4n) is 0.991. The standard InChI is InChI=1S/C8H8Cl2O3/c1-12-8(13-2)4-3-5(11)6(9)7(8)10/h3-4H,1-2H3. The lowest BCUT2D eigenvalue weighted by Crippen LogP contribution is -2.35. The van der Waals surface area contributed by atoms with Crippen LogP contribution in [0.3, 0.4) is 0 Å². The molecule has 0 bridgehead atoms. The summed E-state index contributed by atoms with van der Waals surface area (Å²) >= 11 is 11.5. The van der Waals surface area contributed by atoms with E-state index >= 15 is 0 Å². The minimum atomic E-state index is -1.22. The van der Waals surface area contributed by atoms with Gasteiger partial charge < -0.3 is 9.47 Å². The van der Waals surface area contributed by atoms with Gasteiger partial charge in [0.1, 0.15) is 10.1 Å². The largest absolute Gasteiger partial charge is 0.345 e. The molecule has 0 saturated carbocycles. The van der Waals surface area contributed by atoms with E-state index in [4.69, 9.17) is 32.7 Å². The van der Waals surface area contributed by atoms with Crippen LogP contribution in [0.5, 0.6) is 0 Å². The maximum Gasteiger partial charge on any atom is 0.227 e. The van der Waals surface area contributed by atoms with Crippen molar-refractivity contribution in [1.29, 1.82) is 0 Å². The number of allylic oxidation sites excluding steroid dienone is 2. The normalized spacial score (nSPS) is 21.1. The molecule has 0 aromatic rings. The second kappa shape index (κ2) is 3.80. The molecule has 0 atom stereocenters. The van der Waals surface area contributed by atoms with E-state index in [9.17, 15) is 4.79 Å². The smallest absolute Gasteiger partial charge is 0.227 e. The number of rotatable bonds is 2. The lowest BCUT2D eigenvalue weighted by Gasteiger charge is -2.29. The van der Waals surface area contributed by atoms with Crippen molar-refractivity contribution in [2.24, 2.45) is 0 Å². The van der Waals surface area contributed by atoms with Crippen LogP contribution in [0.2, 0.25) is 0 Å². The molecule has 0 radical (unpaired) electrons. The van der Waals surface area contributed by atoms with Crippen LogP contribution in [0.1, 0.15) is 0 Å². The number of hydrogen-bond donors (Lipinski definition) is 0. The highest BCUT2D eigenvalue weighted by molar-refractivity contribution is 6.50. The summed E-state index contributed by atoms with van der Waals surface area (Å²) in [5.41, 5.74) is 0. The second-order valence-corrected chi connectivity index (χ2v) is 3.16. The lowest BCUT2D eigenvalue weighted by atomic mass is 10.1. The van der Waals surface area contributed by atoms with Gasteiger partial charge in [0.2, 0.25) is 5.79 Å². The summed E-state index contributed by atoms with van der Waals surface area (Å²) in [7, 11) is 2.83. The van der Waals surface area contributed by atoms with Crippen molar-refractivity contribution < 1.29 is 14.3 Å². The monoisotopic (exact) mass is 222 g/mol. The molecular formula is C8H8Cl2O3. The number of ether oxygens (including phenoxy) is 2. The van der Waals surface area contributed by atoms with Crippen molar-refractivity contribution in [1.82, 2.24) is 0 Å². The van der Waals surface area contributed by atoms with E-state index < -0.39 is 5.79 Å². The highest BCUT2D eigenvalue weighted by Crippen LogP contribution is 2.35. The molecule has 1 rings (SSSR count). The minimum absolute atomic E-state index is 0.0478. The first-order valence-corrected chi connectivity index (χ1v) is 4.22. The number of hydrogen-bond acceptors (Lipinski definition) is 3. The van der Waals surface area contributed by atoms with E-state index in [1.807, 2.05) is 0 Å². The molecule has 13 heavy (non-hydrogen) atoms. The fourth-order valence-corrected chi connectivity index (χ4v) is 1.50. The number of carbonyl (C=O) groups excluding carboxylic acids is 1. The van der Waals surface area contributed by atoms with Crippen LogP contribution in [0.25, 0.3) is 0 Å². The molecule has 0 aromatic carbocycles. The maximum absolute atomic E-state index is 11.1. The molecule has 1 aliphatic carbocycles.